The Labute approximate surface area is 197 Å². The molecule has 2 fully saturated rings. The van der Waals surface area contributed by atoms with Gasteiger partial charge in [-0.05, 0) is 79.2 Å². The fraction of sp³-hybridized carbons (Fsp3) is 0.423. The summed E-state index contributed by atoms with van der Waals surface area (Å²) in [5.41, 5.74) is 3.23. The highest BCUT2D eigenvalue weighted by molar-refractivity contribution is 6.05. The van der Waals surface area contributed by atoms with Gasteiger partial charge < -0.3 is 9.64 Å². The van der Waals surface area contributed by atoms with Crippen molar-refractivity contribution in [3.63, 3.8) is 0 Å². The number of carbonyl (C=O) groups is 3. The molecule has 3 aliphatic heterocycles. The minimum Gasteiger partial charge on any atom is -0.497 e. The number of amides is 3. The summed E-state index contributed by atoms with van der Waals surface area (Å²) in [7, 11) is 1.66. The van der Waals surface area contributed by atoms with E-state index in [0.717, 1.165) is 49.4 Å². The van der Waals surface area contributed by atoms with Gasteiger partial charge in [-0.25, -0.2) is 4.39 Å². The number of nitrogens with zero attached hydrogens (tertiary/aromatic N) is 2. The fourth-order valence-corrected chi connectivity index (χ4v) is 5.45. The molecule has 0 bridgehead atoms. The van der Waals surface area contributed by atoms with Crippen molar-refractivity contribution in [1.29, 1.82) is 0 Å². The van der Waals surface area contributed by atoms with Crippen molar-refractivity contribution in [3.05, 3.63) is 64.5 Å². The van der Waals surface area contributed by atoms with Gasteiger partial charge in [0.15, 0.2) is 0 Å². The Morgan fingerprint density at radius 1 is 1.09 bits per heavy atom. The van der Waals surface area contributed by atoms with Gasteiger partial charge in [0, 0.05) is 25.1 Å². The van der Waals surface area contributed by atoms with Gasteiger partial charge in [0.25, 0.3) is 5.91 Å². The van der Waals surface area contributed by atoms with E-state index in [9.17, 15) is 18.8 Å². The molecule has 34 heavy (non-hydrogen) atoms. The average molecular weight is 466 g/mol. The number of methoxy groups -OCH3 is 1. The summed E-state index contributed by atoms with van der Waals surface area (Å²) in [4.78, 5) is 40.8. The van der Waals surface area contributed by atoms with Gasteiger partial charge >= 0.3 is 0 Å². The van der Waals surface area contributed by atoms with Crippen LogP contribution in [0.3, 0.4) is 0 Å². The zero-order valence-corrected chi connectivity index (χ0v) is 19.2. The van der Waals surface area contributed by atoms with Crippen molar-refractivity contribution < 1.29 is 23.5 Å². The van der Waals surface area contributed by atoms with Crippen LogP contribution in [-0.4, -0.2) is 53.8 Å². The van der Waals surface area contributed by atoms with Gasteiger partial charge in [-0.15, -0.1) is 0 Å². The van der Waals surface area contributed by atoms with E-state index in [4.69, 9.17) is 4.74 Å². The molecule has 2 aromatic carbocycles. The number of hydrogen-bond acceptors (Lipinski definition) is 5. The van der Waals surface area contributed by atoms with Gasteiger partial charge in [-0.3, -0.25) is 24.6 Å². The summed E-state index contributed by atoms with van der Waals surface area (Å²) in [6, 6.07) is 10.2. The second-order valence-corrected chi connectivity index (χ2v) is 9.32. The lowest BCUT2D eigenvalue weighted by atomic mass is 9.85. The predicted molar refractivity (Wildman–Crippen MR) is 123 cm³/mol. The number of imide groups is 1. The maximum Gasteiger partial charge on any atom is 0.255 e. The molecule has 0 radical (unpaired) electrons. The first-order valence-corrected chi connectivity index (χ1v) is 11.7. The lowest BCUT2D eigenvalue weighted by molar-refractivity contribution is -0.136. The van der Waals surface area contributed by atoms with Crippen molar-refractivity contribution in [2.75, 3.05) is 20.2 Å². The number of piperidine rings is 2. The van der Waals surface area contributed by atoms with E-state index in [0.29, 0.717) is 12.0 Å². The van der Waals surface area contributed by atoms with Crippen molar-refractivity contribution >= 4 is 17.7 Å². The zero-order chi connectivity index (χ0) is 23.8. The Balaban J connectivity index is 1.30. The van der Waals surface area contributed by atoms with E-state index in [-0.39, 0.29) is 30.7 Å². The molecule has 3 aliphatic rings. The zero-order valence-electron chi connectivity index (χ0n) is 19.2. The minimum absolute atomic E-state index is 0.153. The van der Waals surface area contributed by atoms with Crippen molar-refractivity contribution in [1.82, 2.24) is 15.1 Å². The summed E-state index contributed by atoms with van der Waals surface area (Å²) >= 11 is 0. The molecule has 2 aromatic rings. The summed E-state index contributed by atoms with van der Waals surface area (Å²) in [5.74, 6) is -0.539. The summed E-state index contributed by atoms with van der Waals surface area (Å²) in [5, 5.41) is 2.32. The number of benzene rings is 2. The first-order valence-electron chi connectivity index (χ1n) is 11.7. The third-order valence-corrected chi connectivity index (χ3v) is 7.22. The van der Waals surface area contributed by atoms with Gasteiger partial charge in [-0.1, -0.05) is 12.1 Å². The summed E-state index contributed by atoms with van der Waals surface area (Å²) in [6.45, 7) is 2.85. The van der Waals surface area contributed by atoms with E-state index in [1.54, 1.807) is 13.2 Å². The summed E-state index contributed by atoms with van der Waals surface area (Å²) < 4.78 is 19.9. The Hall–Kier alpha value is -3.26. The van der Waals surface area contributed by atoms with E-state index < -0.39 is 17.8 Å². The minimum atomic E-state index is -0.696. The molecular weight excluding hydrogens is 437 g/mol. The van der Waals surface area contributed by atoms with Crippen molar-refractivity contribution in [2.24, 2.45) is 0 Å². The first-order chi connectivity index (χ1) is 16.4. The smallest absolute Gasteiger partial charge is 0.255 e. The Bertz CT molecular complexity index is 1140. The van der Waals surface area contributed by atoms with Crippen LogP contribution >= 0.6 is 0 Å². The molecule has 1 atom stereocenters. The quantitative estimate of drug-likeness (QED) is 0.687. The van der Waals surface area contributed by atoms with Crippen LogP contribution in [0.2, 0.25) is 0 Å². The first kappa shape index (κ1) is 22.5. The fourth-order valence-electron chi connectivity index (χ4n) is 5.45. The van der Waals surface area contributed by atoms with Crippen LogP contribution < -0.4 is 10.1 Å². The Morgan fingerprint density at radius 3 is 2.62 bits per heavy atom. The standard InChI is InChI=1S/C26H28FN3O4/c1-34-19-4-2-3-16(11-19)14-29-9-7-17(8-10-29)20-12-18(27)13-21-22(20)15-30(26(21)33)23-5-6-24(31)28-25(23)32/h2-4,11-13,17,23H,5-10,14-15H2,1H3,(H,28,31,32). The Morgan fingerprint density at radius 2 is 1.88 bits per heavy atom. The third-order valence-electron chi connectivity index (χ3n) is 7.22. The van der Waals surface area contributed by atoms with Crippen LogP contribution in [0.4, 0.5) is 4.39 Å². The van der Waals surface area contributed by atoms with E-state index in [1.807, 2.05) is 18.2 Å². The molecule has 0 spiro atoms. The van der Waals surface area contributed by atoms with E-state index in [1.165, 1.54) is 16.5 Å². The third kappa shape index (κ3) is 4.30. The molecule has 7 nitrogen and oxygen atoms in total. The van der Waals surface area contributed by atoms with Crippen LogP contribution in [0.1, 0.15) is 58.6 Å². The van der Waals surface area contributed by atoms with Crippen molar-refractivity contribution in [2.45, 2.75) is 50.7 Å². The van der Waals surface area contributed by atoms with Gasteiger partial charge in [0.05, 0.1) is 7.11 Å². The Kier molecular flexibility index (Phi) is 6.08. The maximum atomic E-state index is 14.6. The molecule has 178 valence electrons. The molecule has 3 heterocycles. The van der Waals surface area contributed by atoms with Gasteiger partial charge in [-0.2, -0.15) is 0 Å². The predicted octanol–water partition coefficient (Wildman–Crippen LogP) is 2.97. The topological polar surface area (TPSA) is 79.0 Å². The van der Waals surface area contributed by atoms with Crippen LogP contribution in [0.25, 0.3) is 0 Å². The van der Waals surface area contributed by atoms with E-state index in [2.05, 4.69) is 16.3 Å². The number of nitrogens with one attached hydrogen (secondary N) is 1. The highest BCUT2D eigenvalue weighted by Gasteiger charge is 2.41. The molecule has 0 aromatic heterocycles. The number of likely N-dealkylation sites (tertiary alicyclic amines) is 1. The molecule has 0 saturated carbocycles. The number of halogens is 1. The van der Waals surface area contributed by atoms with Gasteiger partial charge in [0.1, 0.15) is 17.6 Å². The average Bonchev–Trinajstić information content (AvgIpc) is 3.15. The highest BCUT2D eigenvalue weighted by atomic mass is 19.1. The number of fused-ring (bicyclic) bond motifs is 1. The SMILES string of the molecule is COc1cccc(CN2CCC(c3cc(F)cc4c3CN(C3CCC(=O)NC3=O)C4=O)CC2)c1. The molecule has 1 unspecified atom stereocenters. The van der Waals surface area contributed by atoms with Crippen LogP contribution in [0, 0.1) is 5.82 Å². The number of rotatable bonds is 5. The van der Waals surface area contributed by atoms with Crippen molar-refractivity contribution in [3.8, 4) is 5.75 Å². The molecule has 8 heteroatoms. The normalized spacial score (nSPS) is 21.5. The van der Waals surface area contributed by atoms with E-state index >= 15 is 0 Å². The molecule has 1 N–H and O–H groups in total. The maximum absolute atomic E-state index is 14.6. The highest BCUT2D eigenvalue weighted by Crippen LogP contribution is 2.38. The second-order valence-electron chi connectivity index (χ2n) is 9.32. The molecule has 3 amide bonds. The number of ether oxygens (including phenoxy) is 1. The monoisotopic (exact) mass is 465 g/mol. The number of carbonyl (C=O) groups excluding carboxylic acids is 3. The second kappa shape index (κ2) is 9.18. The molecular formula is C26H28FN3O4. The van der Waals surface area contributed by atoms with Crippen LogP contribution in [0.5, 0.6) is 5.75 Å². The molecule has 5 rings (SSSR count). The van der Waals surface area contributed by atoms with Crippen LogP contribution in [-0.2, 0) is 22.7 Å². The summed E-state index contributed by atoms with van der Waals surface area (Å²) in [6.07, 6.45) is 2.23. The lowest BCUT2D eigenvalue weighted by Crippen LogP contribution is -2.52. The van der Waals surface area contributed by atoms with Gasteiger partial charge in [0.2, 0.25) is 11.8 Å². The largest absolute Gasteiger partial charge is 0.497 e. The molecule has 2 saturated heterocycles. The van der Waals surface area contributed by atoms with Crippen LogP contribution in [0.15, 0.2) is 36.4 Å². The lowest BCUT2D eigenvalue weighted by Gasteiger charge is -2.33. The number of hydrogen-bond donors (Lipinski definition) is 1. The molecule has 0 aliphatic carbocycles.